The van der Waals surface area contributed by atoms with Crippen molar-refractivity contribution >= 4 is 28.3 Å². The number of fused-ring (bicyclic) bond motifs is 1. The summed E-state index contributed by atoms with van der Waals surface area (Å²) in [6.07, 6.45) is 0. The number of benzene rings is 1. The molecule has 2 heterocycles. The molecule has 0 unspecified atom stereocenters. The molecule has 0 atom stereocenters. The van der Waals surface area contributed by atoms with Crippen molar-refractivity contribution in [2.75, 3.05) is 19.5 Å². The maximum atomic E-state index is 12.2. The molecule has 26 heavy (non-hydrogen) atoms. The SMILES string of the molecule is COc1cc2nc(Cl)nc(NCc3c(C)cc(C)[nH]c3=O)c2cc1OC. The molecule has 2 N–H and O–H groups in total. The molecule has 0 aliphatic rings. The Bertz CT molecular complexity index is 1030. The van der Waals surface area contributed by atoms with E-state index >= 15 is 0 Å². The quantitative estimate of drug-likeness (QED) is 0.666. The van der Waals surface area contributed by atoms with Gasteiger partial charge in [-0.15, -0.1) is 0 Å². The fourth-order valence-corrected chi connectivity index (χ4v) is 3.01. The summed E-state index contributed by atoms with van der Waals surface area (Å²) < 4.78 is 10.6. The summed E-state index contributed by atoms with van der Waals surface area (Å²) in [5.74, 6) is 1.62. The molecule has 0 bridgehead atoms. The summed E-state index contributed by atoms with van der Waals surface area (Å²) in [6.45, 7) is 4.05. The van der Waals surface area contributed by atoms with E-state index in [0.29, 0.717) is 40.3 Å². The number of hydrogen-bond donors (Lipinski definition) is 2. The van der Waals surface area contributed by atoms with Gasteiger partial charge in [-0.1, -0.05) is 0 Å². The van der Waals surface area contributed by atoms with Crippen LogP contribution >= 0.6 is 11.6 Å². The van der Waals surface area contributed by atoms with E-state index in [-0.39, 0.29) is 10.8 Å². The Labute approximate surface area is 155 Å². The number of aromatic nitrogens is 3. The zero-order chi connectivity index (χ0) is 18.8. The predicted molar refractivity (Wildman–Crippen MR) is 102 cm³/mol. The first-order valence-electron chi connectivity index (χ1n) is 7.95. The number of nitrogens with one attached hydrogen (secondary N) is 2. The van der Waals surface area contributed by atoms with E-state index in [2.05, 4.69) is 20.3 Å². The molecule has 2 aromatic heterocycles. The van der Waals surface area contributed by atoms with Crippen LogP contribution < -0.4 is 20.3 Å². The van der Waals surface area contributed by atoms with E-state index in [1.54, 1.807) is 26.4 Å². The van der Waals surface area contributed by atoms with Gasteiger partial charge >= 0.3 is 0 Å². The maximum Gasteiger partial charge on any atom is 0.253 e. The predicted octanol–water partition coefficient (Wildman–Crippen LogP) is 3.22. The molecule has 0 aliphatic heterocycles. The summed E-state index contributed by atoms with van der Waals surface area (Å²) in [5.41, 5.74) is 2.85. The van der Waals surface area contributed by atoms with Gasteiger partial charge in [-0.2, -0.15) is 0 Å². The Morgan fingerprint density at radius 2 is 1.81 bits per heavy atom. The van der Waals surface area contributed by atoms with E-state index in [0.717, 1.165) is 11.3 Å². The lowest BCUT2D eigenvalue weighted by molar-refractivity contribution is 0.356. The van der Waals surface area contributed by atoms with E-state index in [4.69, 9.17) is 21.1 Å². The minimum atomic E-state index is -0.126. The average Bonchev–Trinajstić information content (AvgIpc) is 2.59. The molecule has 0 amide bonds. The fraction of sp³-hybridized carbons (Fsp3) is 0.278. The third-order valence-electron chi connectivity index (χ3n) is 4.10. The Hall–Kier alpha value is -2.80. The molecule has 3 aromatic rings. The van der Waals surface area contributed by atoms with Crippen molar-refractivity contribution in [1.82, 2.24) is 15.0 Å². The topological polar surface area (TPSA) is 89.1 Å². The number of aryl methyl sites for hydroxylation is 2. The number of methoxy groups -OCH3 is 2. The standard InChI is InChI=1S/C18H19ClN4O3/c1-9-5-10(2)21-17(24)12(9)8-20-16-11-6-14(25-3)15(26-4)7-13(11)22-18(19)23-16/h5-7H,8H2,1-4H3,(H,21,24)(H,20,22,23). The molecule has 0 spiro atoms. The van der Waals surface area contributed by atoms with Gasteiger partial charge in [-0.25, -0.2) is 9.97 Å². The molecule has 8 heteroatoms. The first-order chi connectivity index (χ1) is 12.4. The molecule has 0 aliphatic carbocycles. The highest BCUT2D eigenvalue weighted by Gasteiger charge is 2.13. The van der Waals surface area contributed by atoms with E-state index in [1.807, 2.05) is 19.9 Å². The van der Waals surface area contributed by atoms with Gasteiger partial charge in [0.1, 0.15) is 5.82 Å². The summed E-state index contributed by atoms with van der Waals surface area (Å²) in [6, 6.07) is 5.44. The first-order valence-corrected chi connectivity index (χ1v) is 8.33. The second-order valence-electron chi connectivity index (χ2n) is 5.86. The number of hydrogen-bond acceptors (Lipinski definition) is 6. The number of pyridine rings is 1. The van der Waals surface area contributed by atoms with E-state index < -0.39 is 0 Å². The Morgan fingerprint density at radius 3 is 2.46 bits per heavy atom. The third-order valence-corrected chi connectivity index (χ3v) is 4.27. The van der Waals surface area contributed by atoms with Gasteiger partial charge in [0, 0.05) is 29.3 Å². The highest BCUT2D eigenvalue weighted by Crippen LogP contribution is 2.34. The Kier molecular flexibility index (Phi) is 4.99. The van der Waals surface area contributed by atoms with Crippen LogP contribution in [0.15, 0.2) is 23.0 Å². The lowest BCUT2D eigenvalue weighted by atomic mass is 10.1. The number of ether oxygens (including phenoxy) is 2. The van der Waals surface area contributed by atoms with Crippen molar-refractivity contribution in [1.29, 1.82) is 0 Å². The van der Waals surface area contributed by atoms with Crippen molar-refractivity contribution < 1.29 is 9.47 Å². The normalized spacial score (nSPS) is 10.8. The average molecular weight is 375 g/mol. The van der Waals surface area contributed by atoms with Crippen LogP contribution in [0.25, 0.3) is 10.9 Å². The van der Waals surface area contributed by atoms with Gasteiger partial charge in [0.15, 0.2) is 11.5 Å². The Morgan fingerprint density at radius 1 is 1.12 bits per heavy atom. The summed E-state index contributed by atoms with van der Waals surface area (Å²) in [4.78, 5) is 23.5. The Balaban J connectivity index is 2.04. The number of halogens is 1. The van der Waals surface area contributed by atoms with E-state index in [9.17, 15) is 4.79 Å². The van der Waals surface area contributed by atoms with Gasteiger partial charge in [0.25, 0.3) is 5.56 Å². The van der Waals surface area contributed by atoms with Crippen LogP contribution in [0.5, 0.6) is 11.5 Å². The number of rotatable bonds is 5. The van der Waals surface area contributed by atoms with Crippen molar-refractivity contribution in [2.24, 2.45) is 0 Å². The lowest BCUT2D eigenvalue weighted by Gasteiger charge is -2.13. The molecular formula is C18H19ClN4O3. The minimum Gasteiger partial charge on any atom is -0.493 e. The molecule has 7 nitrogen and oxygen atoms in total. The first kappa shape index (κ1) is 18.0. The van der Waals surface area contributed by atoms with Crippen LogP contribution in [0, 0.1) is 13.8 Å². The maximum absolute atomic E-state index is 12.2. The van der Waals surface area contributed by atoms with Crippen LogP contribution in [-0.4, -0.2) is 29.2 Å². The van der Waals surface area contributed by atoms with Crippen LogP contribution in [0.4, 0.5) is 5.82 Å². The van der Waals surface area contributed by atoms with Crippen LogP contribution in [0.1, 0.15) is 16.8 Å². The molecule has 136 valence electrons. The highest BCUT2D eigenvalue weighted by atomic mass is 35.5. The number of aromatic amines is 1. The molecule has 1 aromatic carbocycles. The second kappa shape index (κ2) is 7.21. The number of anilines is 1. The van der Waals surface area contributed by atoms with Gasteiger partial charge in [-0.05, 0) is 43.1 Å². The summed E-state index contributed by atoms with van der Waals surface area (Å²) >= 11 is 6.06. The van der Waals surface area contributed by atoms with Crippen molar-refractivity contribution in [2.45, 2.75) is 20.4 Å². The van der Waals surface area contributed by atoms with Crippen molar-refractivity contribution in [3.63, 3.8) is 0 Å². The van der Waals surface area contributed by atoms with Gasteiger partial charge < -0.3 is 19.8 Å². The number of nitrogens with zero attached hydrogens (tertiary/aromatic N) is 2. The summed E-state index contributed by atoms with van der Waals surface area (Å²) in [7, 11) is 3.11. The zero-order valence-corrected chi connectivity index (χ0v) is 15.7. The molecule has 0 fully saturated rings. The number of H-pyrrole nitrogens is 1. The van der Waals surface area contributed by atoms with Crippen LogP contribution in [0.2, 0.25) is 5.28 Å². The van der Waals surface area contributed by atoms with Crippen molar-refractivity contribution in [3.8, 4) is 11.5 Å². The van der Waals surface area contributed by atoms with Crippen LogP contribution in [0.3, 0.4) is 0 Å². The largest absolute Gasteiger partial charge is 0.493 e. The summed E-state index contributed by atoms with van der Waals surface area (Å²) in [5, 5.41) is 4.00. The monoisotopic (exact) mass is 374 g/mol. The molecule has 0 radical (unpaired) electrons. The molecule has 0 saturated carbocycles. The molecule has 3 rings (SSSR count). The van der Waals surface area contributed by atoms with Gasteiger partial charge in [0.05, 0.1) is 19.7 Å². The van der Waals surface area contributed by atoms with Gasteiger partial charge in [0.2, 0.25) is 5.28 Å². The lowest BCUT2D eigenvalue weighted by Crippen LogP contribution is -2.19. The van der Waals surface area contributed by atoms with Crippen molar-refractivity contribution in [3.05, 3.63) is 50.7 Å². The van der Waals surface area contributed by atoms with E-state index in [1.165, 1.54) is 0 Å². The molecule has 0 saturated heterocycles. The third kappa shape index (κ3) is 3.43. The minimum absolute atomic E-state index is 0.0988. The van der Waals surface area contributed by atoms with Gasteiger partial charge in [-0.3, -0.25) is 4.79 Å². The smallest absolute Gasteiger partial charge is 0.253 e. The zero-order valence-electron chi connectivity index (χ0n) is 14.9. The highest BCUT2D eigenvalue weighted by molar-refractivity contribution is 6.28. The van der Waals surface area contributed by atoms with Crippen LogP contribution in [-0.2, 0) is 6.54 Å². The fourth-order valence-electron chi connectivity index (χ4n) is 2.84. The second-order valence-corrected chi connectivity index (χ2v) is 6.20. The molecular weight excluding hydrogens is 356 g/mol.